The number of halogens is 4. The Kier molecular flexibility index (Phi) is 5.94. The van der Waals surface area contributed by atoms with E-state index in [4.69, 9.17) is 9.90 Å². The molecule has 2 atom stereocenters. The number of alkyl halides is 3. The van der Waals surface area contributed by atoms with Gasteiger partial charge in [-0.15, -0.1) is 5.10 Å². The molecule has 1 aromatic heterocycles. The molecule has 0 radical (unpaired) electrons. The van der Waals surface area contributed by atoms with Gasteiger partial charge in [0.1, 0.15) is 0 Å². The van der Waals surface area contributed by atoms with E-state index in [2.05, 4.69) is 36.8 Å². The number of amides is 1. The second-order valence-electron chi connectivity index (χ2n) is 6.78. The Hall–Kier alpha value is -2.47. The van der Waals surface area contributed by atoms with Gasteiger partial charge in [0, 0.05) is 17.6 Å². The van der Waals surface area contributed by atoms with Crippen LogP contribution in [0.15, 0.2) is 34.9 Å². The van der Waals surface area contributed by atoms with E-state index < -0.39 is 12.1 Å². The summed E-state index contributed by atoms with van der Waals surface area (Å²) in [6, 6.07) is 7.63. The fourth-order valence-corrected chi connectivity index (χ4v) is 3.53. The van der Waals surface area contributed by atoms with Crippen LogP contribution in [-0.2, 0) is 4.79 Å². The second-order valence-corrected chi connectivity index (χ2v) is 7.69. The average Bonchev–Trinajstić information content (AvgIpc) is 3.23. The lowest BCUT2D eigenvalue weighted by Crippen LogP contribution is -2.60. The Morgan fingerprint density at radius 3 is 2.48 bits per heavy atom. The Morgan fingerprint density at radius 1 is 1.31 bits per heavy atom. The van der Waals surface area contributed by atoms with Crippen LogP contribution >= 0.6 is 15.9 Å². The van der Waals surface area contributed by atoms with Crippen molar-refractivity contribution in [1.29, 1.82) is 0 Å². The van der Waals surface area contributed by atoms with Gasteiger partial charge in [-0.3, -0.25) is 4.79 Å². The first-order valence-corrected chi connectivity index (χ1v) is 9.42. The van der Waals surface area contributed by atoms with E-state index in [0.717, 1.165) is 29.7 Å². The summed E-state index contributed by atoms with van der Waals surface area (Å²) in [6.07, 6.45) is -1.35. The molecule has 2 fully saturated rings. The first-order valence-electron chi connectivity index (χ1n) is 8.62. The number of aliphatic carboxylic acids is 1. The number of nitrogens with zero attached hydrogens (tertiary/aromatic N) is 3. The number of carboxylic acids is 1. The van der Waals surface area contributed by atoms with Gasteiger partial charge in [0.05, 0.1) is 17.4 Å². The molecule has 1 saturated heterocycles. The van der Waals surface area contributed by atoms with Crippen LogP contribution in [0, 0.1) is 5.92 Å². The average molecular weight is 476 g/mol. The van der Waals surface area contributed by atoms with E-state index in [0.29, 0.717) is 11.6 Å². The molecule has 3 N–H and O–H groups in total. The number of fused-ring (bicyclic) bond motifs is 1. The lowest BCUT2D eigenvalue weighted by Gasteiger charge is -2.44. The molecule has 2 heterocycles. The van der Waals surface area contributed by atoms with Gasteiger partial charge in [0.15, 0.2) is 5.69 Å². The number of hydrogen-bond donors (Lipinski definition) is 3. The number of rotatable bonds is 3. The number of nitrogens with one attached hydrogen (secondary N) is 2. The fourth-order valence-electron chi connectivity index (χ4n) is 3.26. The van der Waals surface area contributed by atoms with E-state index in [9.17, 15) is 18.0 Å². The predicted octanol–water partition coefficient (Wildman–Crippen LogP) is 2.14. The Bertz CT molecular complexity index is 902. The highest BCUT2D eigenvalue weighted by atomic mass is 79.9. The lowest BCUT2D eigenvalue weighted by molar-refractivity contribution is -0.192. The first kappa shape index (κ1) is 21.2. The van der Waals surface area contributed by atoms with E-state index in [1.54, 1.807) is 0 Å². The quantitative estimate of drug-likeness (QED) is 0.627. The zero-order chi connectivity index (χ0) is 21.2. The smallest absolute Gasteiger partial charge is 0.475 e. The van der Waals surface area contributed by atoms with Gasteiger partial charge >= 0.3 is 12.1 Å². The highest BCUT2D eigenvalue weighted by Crippen LogP contribution is 2.41. The number of carbonyl (C=O) groups is 2. The Labute approximate surface area is 171 Å². The van der Waals surface area contributed by atoms with Crippen molar-refractivity contribution in [3.8, 4) is 5.69 Å². The molecule has 12 heteroatoms. The maximum Gasteiger partial charge on any atom is 0.490 e. The van der Waals surface area contributed by atoms with Gasteiger partial charge in [-0.2, -0.15) is 23.1 Å². The Morgan fingerprint density at radius 2 is 1.97 bits per heavy atom. The summed E-state index contributed by atoms with van der Waals surface area (Å²) in [5.41, 5.74) is 1.11. The molecule has 0 spiro atoms. The summed E-state index contributed by atoms with van der Waals surface area (Å²) in [5.74, 6) is -2.35. The van der Waals surface area contributed by atoms with Crippen LogP contribution in [0.5, 0.6) is 0 Å². The standard InChI is InChI=1S/C15H16BrN5O.C2HF3O2/c16-11-1-3-12(4-2-11)21-18-8-13(20-21)14(22)19-15-6-5-10(15)7-17-9-15;3-2(4,5)1(6)7/h1-4,8,10,17H,5-7,9H2,(H,19,22);(H,6,7)/t10-,15-;/m0./s1. The van der Waals surface area contributed by atoms with E-state index in [1.165, 1.54) is 17.4 Å². The molecule has 1 aromatic carbocycles. The Balaban J connectivity index is 0.000000298. The van der Waals surface area contributed by atoms with Gasteiger partial charge in [-0.1, -0.05) is 15.9 Å². The monoisotopic (exact) mass is 475 g/mol. The van der Waals surface area contributed by atoms with E-state index in [-0.39, 0.29) is 11.4 Å². The number of carbonyl (C=O) groups excluding carboxylic acids is 1. The van der Waals surface area contributed by atoms with Crippen LogP contribution in [0.4, 0.5) is 13.2 Å². The normalized spacial score (nSPS) is 22.7. The molecule has 4 rings (SSSR count). The predicted molar refractivity (Wildman–Crippen MR) is 98.5 cm³/mol. The van der Waals surface area contributed by atoms with Crippen LogP contribution in [0.2, 0.25) is 0 Å². The maximum absolute atomic E-state index is 12.4. The maximum atomic E-state index is 12.4. The minimum atomic E-state index is -5.08. The summed E-state index contributed by atoms with van der Waals surface area (Å²) in [7, 11) is 0. The fraction of sp³-hybridized carbons (Fsp3) is 0.412. The topological polar surface area (TPSA) is 109 Å². The third kappa shape index (κ3) is 4.75. The van der Waals surface area contributed by atoms with Crippen LogP contribution in [-0.4, -0.2) is 56.8 Å². The van der Waals surface area contributed by atoms with Crippen molar-refractivity contribution in [3.05, 3.63) is 40.6 Å². The van der Waals surface area contributed by atoms with Crippen LogP contribution in [0.25, 0.3) is 5.69 Å². The first-order chi connectivity index (χ1) is 13.6. The molecule has 156 valence electrons. The molecule has 0 unspecified atom stereocenters. The van der Waals surface area contributed by atoms with Crippen LogP contribution < -0.4 is 10.6 Å². The van der Waals surface area contributed by atoms with Gasteiger partial charge in [0.2, 0.25) is 0 Å². The summed E-state index contributed by atoms with van der Waals surface area (Å²) >= 11 is 3.39. The molecule has 1 aliphatic carbocycles. The van der Waals surface area contributed by atoms with Crippen molar-refractivity contribution in [1.82, 2.24) is 25.6 Å². The molecule has 29 heavy (non-hydrogen) atoms. The number of benzene rings is 1. The molecule has 1 aliphatic heterocycles. The summed E-state index contributed by atoms with van der Waals surface area (Å²) in [5, 5.41) is 22.1. The SMILES string of the molecule is O=C(N[C@]12CC[C@H]1CNC2)c1cnn(-c2ccc(Br)cc2)n1.O=C(O)C(F)(F)F. The third-order valence-electron chi connectivity index (χ3n) is 4.94. The van der Waals surface area contributed by atoms with Crippen molar-refractivity contribution in [2.45, 2.75) is 24.6 Å². The number of aromatic nitrogens is 3. The van der Waals surface area contributed by atoms with Crippen molar-refractivity contribution in [2.24, 2.45) is 5.92 Å². The largest absolute Gasteiger partial charge is 0.490 e. The van der Waals surface area contributed by atoms with E-state index >= 15 is 0 Å². The zero-order valence-corrected chi connectivity index (χ0v) is 16.5. The molecular formula is C17H17BrF3N5O3. The highest BCUT2D eigenvalue weighted by molar-refractivity contribution is 9.10. The molecule has 1 saturated carbocycles. The number of carboxylic acid groups (broad SMARTS) is 1. The van der Waals surface area contributed by atoms with Crippen LogP contribution in [0.1, 0.15) is 23.3 Å². The molecule has 1 amide bonds. The van der Waals surface area contributed by atoms with Crippen molar-refractivity contribution >= 4 is 27.8 Å². The van der Waals surface area contributed by atoms with Gasteiger partial charge in [0.25, 0.3) is 5.91 Å². The lowest BCUT2D eigenvalue weighted by atomic mass is 9.69. The third-order valence-corrected chi connectivity index (χ3v) is 5.47. The van der Waals surface area contributed by atoms with Crippen molar-refractivity contribution < 1.29 is 27.9 Å². The van der Waals surface area contributed by atoms with Crippen LogP contribution in [0.3, 0.4) is 0 Å². The molecular weight excluding hydrogens is 459 g/mol. The minimum absolute atomic E-state index is 0.0710. The molecule has 0 bridgehead atoms. The highest BCUT2D eigenvalue weighted by Gasteiger charge is 2.51. The second kappa shape index (κ2) is 8.11. The zero-order valence-electron chi connectivity index (χ0n) is 14.9. The summed E-state index contributed by atoms with van der Waals surface area (Å²) < 4.78 is 32.7. The molecule has 2 aliphatic rings. The van der Waals surface area contributed by atoms with Crippen molar-refractivity contribution in [2.75, 3.05) is 13.1 Å². The van der Waals surface area contributed by atoms with Gasteiger partial charge in [-0.25, -0.2) is 4.79 Å². The summed E-state index contributed by atoms with van der Waals surface area (Å²) in [4.78, 5) is 22.8. The molecule has 8 nitrogen and oxygen atoms in total. The van der Waals surface area contributed by atoms with Crippen molar-refractivity contribution in [3.63, 3.8) is 0 Å². The minimum Gasteiger partial charge on any atom is -0.475 e. The van der Waals surface area contributed by atoms with Gasteiger partial charge in [-0.05, 0) is 43.0 Å². The number of hydrogen-bond acceptors (Lipinski definition) is 5. The molecule has 2 aromatic rings. The van der Waals surface area contributed by atoms with E-state index in [1.807, 2.05) is 24.3 Å². The van der Waals surface area contributed by atoms with Gasteiger partial charge < -0.3 is 15.7 Å². The summed E-state index contributed by atoms with van der Waals surface area (Å²) in [6.45, 7) is 1.84.